The summed E-state index contributed by atoms with van der Waals surface area (Å²) in [7, 11) is 0. The normalized spacial score (nSPS) is 22.0. The fourth-order valence-electron chi connectivity index (χ4n) is 3.20. The fraction of sp³-hybridized carbons (Fsp3) is 0.500. The smallest absolute Gasteiger partial charge is 0.304 e. The molecule has 0 amide bonds. The number of hydrogen-bond acceptors (Lipinski definition) is 7. The molecule has 0 fully saturated rings. The lowest BCUT2D eigenvalue weighted by Crippen LogP contribution is -2.52. The van der Waals surface area contributed by atoms with Crippen LogP contribution in [0.25, 0.3) is 0 Å². The second-order valence-corrected chi connectivity index (χ2v) is 7.51. The Morgan fingerprint density at radius 2 is 1.82 bits per heavy atom. The van der Waals surface area contributed by atoms with Crippen LogP contribution in [0.4, 0.5) is 0 Å². The first kappa shape index (κ1) is 21.9. The molecule has 8 heteroatoms. The van der Waals surface area contributed by atoms with E-state index in [4.69, 9.17) is 21.1 Å². The molecular weight excluding hydrogens is 386 g/mol. The predicted molar refractivity (Wildman–Crippen MR) is 102 cm³/mol. The van der Waals surface area contributed by atoms with Crippen LogP contribution in [0.1, 0.15) is 47.5 Å². The van der Waals surface area contributed by atoms with Gasteiger partial charge in [-0.1, -0.05) is 11.6 Å². The zero-order chi connectivity index (χ0) is 21.2. The van der Waals surface area contributed by atoms with E-state index in [9.17, 15) is 19.2 Å². The number of esters is 2. The van der Waals surface area contributed by atoms with Gasteiger partial charge in [-0.3, -0.25) is 19.2 Å². The van der Waals surface area contributed by atoms with Crippen LogP contribution in [0.2, 0.25) is 0 Å². The van der Waals surface area contributed by atoms with Crippen molar-refractivity contribution in [2.24, 2.45) is 0 Å². The van der Waals surface area contributed by atoms with Gasteiger partial charge in [0.25, 0.3) is 0 Å². The highest BCUT2D eigenvalue weighted by Crippen LogP contribution is 2.40. The molecule has 2 aliphatic rings. The summed E-state index contributed by atoms with van der Waals surface area (Å²) in [5.41, 5.74) is -0.580. The highest BCUT2D eigenvalue weighted by Gasteiger charge is 2.52. The van der Waals surface area contributed by atoms with Crippen LogP contribution in [0, 0.1) is 0 Å². The van der Waals surface area contributed by atoms with Crippen LogP contribution in [0.15, 0.2) is 34.2 Å². The molecule has 1 unspecified atom stereocenters. The first-order chi connectivity index (χ1) is 13.0. The maximum absolute atomic E-state index is 13.0. The first-order valence-electron chi connectivity index (χ1n) is 9.02. The summed E-state index contributed by atoms with van der Waals surface area (Å²) in [6.07, 6.45) is 4.48. The monoisotopic (exact) mass is 409 g/mol. The Bertz CT molecular complexity index is 823. The van der Waals surface area contributed by atoms with Crippen molar-refractivity contribution in [2.45, 2.75) is 59.1 Å². The third kappa shape index (κ3) is 4.19. The van der Waals surface area contributed by atoms with Crippen LogP contribution in [-0.4, -0.2) is 46.7 Å². The quantitative estimate of drug-likeness (QED) is 0.378. The molecule has 0 spiro atoms. The molecule has 7 nitrogen and oxygen atoms in total. The zero-order valence-electron chi connectivity index (χ0n) is 16.6. The maximum Gasteiger partial charge on any atom is 0.304 e. The summed E-state index contributed by atoms with van der Waals surface area (Å²) >= 11 is 6.28. The third-order valence-electron chi connectivity index (χ3n) is 4.53. The van der Waals surface area contributed by atoms with E-state index in [2.05, 4.69) is 0 Å². The minimum atomic E-state index is -1.97. The molecule has 1 aliphatic carbocycles. The number of allylic oxidation sites excluding steroid dienone is 3. The summed E-state index contributed by atoms with van der Waals surface area (Å²) in [4.78, 5) is 49.9. The Hall–Kier alpha value is -2.41. The van der Waals surface area contributed by atoms with Gasteiger partial charge in [-0.2, -0.15) is 0 Å². The van der Waals surface area contributed by atoms with Crippen molar-refractivity contribution in [2.75, 3.05) is 6.61 Å². The van der Waals surface area contributed by atoms with E-state index < -0.39 is 23.1 Å². The summed E-state index contributed by atoms with van der Waals surface area (Å²) in [6.45, 7) is 7.92. The van der Waals surface area contributed by atoms with Gasteiger partial charge in [0.15, 0.2) is 0 Å². The van der Waals surface area contributed by atoms with E-state index in [-0.39, 0.29) is 29.2 Å². The Balaban J connectivity index is 2.42. The number of carbonyl (C=O) groups excluding carboxylic acids is 4. The van der Waals surface area contributed by atoms with Gasteiger partial charge in [0.2, 0.25) is 17.2 Å². The van der Waals surface area contributed by atoms with Crippen LogP contribution < -0.4 is 0 Å². The van der Waals surface area contributed by atoms with E-state index in [0.717, 1.165) is 12.6 Å². The SMILES string of the molecule is CC(=O)OCCCC1=CC2=C(Cl)C(=O)C(C)(OC(C)=O)C(=O)C2=CN1C(C)C. The third-order valence-corrected chi connectivity index (χ3v) is 4.91. The number of fused-ring (bicyclic) bond motifs is 1. The molecule has 28 heavy (non-hydrogen) atoms. The molecule has 0 saturated carbocycles. The lowest BCUT2D eigenvalue weighted by Gasteiger charge is -2.37. The summed E-state index contributed by atoms with van der Waals surface area (Å²) < 4.78 is 10.0. The van der Waals surface area contributed by atoms with Crippen molar-refractivity contribution < 1.29 is 28.7 Å². The van der Waals surface area contributed by atoms with E-state index in [1.54, 1.807) is 12.3 Å². The van der Waals surface area contributed by atoms with E-state index in [1.165, 1.54) is 13.8 Å². The fourth-order valence-corrected chi connectivity index (χ4v) is 3.53. The van der Waals surface area contributed by atoms with Crippen LogP contribution >= 0.6 is 11.6 Å². The standard InChI is InChI=1S/C20H24ClNO6/c1-11(2)22-10-16-15(9-14(22)7-6-8-27-12(3)23)17(21)19(26)20(5,18(16)25)28-13(4)24/h9-11H,6-8H2,1-5H3. The van der Waals surface area contributed by atoms with Crippen molar-refractivity contribution in [3.63, 3.8) is 0 Å². The first-order valence-corrected chi connectivity index (χ1v) is 9.40. The Morgan fingerprint density at radius 1 is 1.18 bits per heavy atom. The number of ketones is 2. The van der Waals surface area contributed by atoms with Crippen molar-refractivity contribution in [3.8, 4) is 0 Å². The average molecular weight is 410 g/mol. The number of carbonyl (C=O) groups is 4. The summed E-state index contributed by atoms with van der Waals surface area (Å²) in [6, 6.07) is 0.0261. The van der Waals surface area contributed by atoms with Crippen molar-refractivity contribution in [1.82, 2.24) is 4.90 Å². The highest BCUT2D eigenvalue weighted by molar-refractivity contribution is 6.49. The number of nitrogens with zero attached hydrogens (tertiary/aromatic N) is 1. The molecule has 152 valence electrons. The molecule has 1 atom stereocenters. The minimum Gasteiger partial charge on any atom is -0.466 e. The molecule has 0 radical (unpaired) electrons. The molecule has 0 saturated heterocycles. The number of rotatable bonds is 6. The molecule has 1 heterocycles. The van der Waals surface area contributed by atoms with Crippen molar-refractivity contribution >= 4 is 35.1 Å². The van der Waals surface area contributed by atoms with Gasteiger partial charge in [0.1, 0.15) is 0 Å². The number of hydrogen-bond donors (Lipinski definition) is 0. The lowest BCUT2D eigenvalue weighted by atomic mass is 9.79. The van der Waals surface area contributed by atoms with Crippen LogP contribution in [0.3, 0.4) is 0 Å². The van der Waals surface area contributed by atoms with Crippen molar-refractivity contribution in [3.05, 3.63) is 34.2 Å². The van der Waals surface area contributed by atoms with Gasteiger partial charge < -0.3 is 14.4 Å². The molecule has 0 aromatic carbocycles. The van der Waals surface area contributed by atoms with Gasteiger partial charge in [-0.05, 0) is 39.7 Å². The molecule has 0 aromatic heterocycles. The van der Waals surface area contributed by atoms with E-state index >= 15 is 0 Å². The lowest BCUT2D eigenvalue weighted by molar-refractivity contribution is -0.167. The molecule has 0 bridgehead atoms. The minimum absolute atomic E-state index is 0.0261. The van der Waals surface area contributed by atoms with Gasteiger partial charge in [0.05, 0.1) is 11.6 Å². The topological polar surface area (TPSA) is 90.0 Å². The van der Waals surface area contributed by atoms with Gasteiger partial charge in [0, 0.05) is 42.9 Å². The molecule has 0 aromatic rings. The summed E-state index contributed by atoms with van der Waals surface area (Å²) in [5, 5.41) is -0.143. The number of halogens is 1. The Kier molecular flexibility index (Phi) is 6.49. The molecule has 2 rings (SSSR count). The van der Waals surface area contributed by atoms with Gasteiger partial charge >= 0.3 is 11.9 Å². The molecule has 0 N–H and O–H groups in total. The van der Waals surface area contributed by atoms with E-state index in [1.807, 2.05) is 18.7 Å². The average Bonchev–Trinajstić information content (AvgIpc) is 2.60. The number of Topliss-reactive ketones (excluding diaryl/α,β-unsaturated/α-hetero) is 2. The largest absolute Gasteiger partial charge is 0.466 e. The Labute approximate surface area is 169 Å². The Morgan fingerprint density at radius 3 is 2.36 bits per heavy atom. The second kappa shape index (κ2) is 8.31. The highest BCUT2D eigenvalue weighted by atomic mass is 35.5. The van der Waals surface area contributed by atoms with Crippen LogP contribution in [-0.2, 0) is 28.7 Å². The second-order valence-electron chi connectivity index (χ2n) is 7.14. The maximum atomic E-state index is 13.0. The molecular formula is C20H24ClNO6. The zero-order valence-corrected chi connectivity index (χ0v) is 17.4. The molecule has 1 aliphatic heterocycles. The van der Waals surface area contributed by atoms with Crippen molar-refractivity contribution in [1.29, 1.82) is 0 Å². The van der Waals surface area contributed by atoms with Gasteiger partial charge in [-0.25, -0.2) is 0 Å². The predicted octanol–water partition coefficient (Wildman–Crippen LogP) is 2.79. The van der Waals surface area contributed by atoms with E-state index in [0.29, 0.717) is 18.4 Å². The summed E-state index contributed by atoms with van der Waals surface area (Å²) in [5.74, 6) is -2.43. The number of ether oxygens (including phenoxy) is 2. The van der Waals surface area contributed by atoms with Gasteiger partial charge in [-0.15, -0.1) is 0 Å². The van der Waals surface area contributed by atoms with Crippen LogP contribution in [0.5, 0.6) is 0 Å².